The van der Waals surface area contributed by atoms with Gasteiger partial charge in [-0.2, -0.15) is 0 Å². The largest absolute Gasteiger partial charge is 0.508 e. The number of carbonyl (C=O) groups excluding carboxylic acids is 3. The maximum atomic E-state index is 16.2. The second-order valence-electron chi connectivity index (χ2n) is 16.3. The predicted octanol–water partition coefficient (Wildman–Crippen LogP) is 8.88. The van der Waals surface area contributed by atoms with Crippen LogP contribution in [0.2, 0.25) is 23.2 Å². The molecule has 0 fully saturated rings. The molecule has 0 unspecified atom stereocenters. The Morgan fingerprint density at radius 3 is 2.18 bits per heavy atom. The van der Waals surface area contributed by atoms with Crippen LogP contribution in [0.15, 0.2) is 76.5 Å². The zero-order chi connectivity index (χ0) is 39.6. The fraction of sp³-hybridized carbons (Fsp3) is 0.381. The second kappa shape index (κ2) is 14.1. The molecule has 10 nitrogen and oxygen atoms in total. The van der Waals surface area contributed by atoms with Gasteiger partial charge in [0, 0.05) is 11.5 Å². The predicted molar refractivity (Wildman–Crippen MR) is 206 cm³/mol. The van der Waals surface area contributed by atoms with E-state index >= 15 is 9.18 Å². The summed E-state index contributed by atoms with van der Waals surface area (Å²) in [6, 6.07) is 17.7. The zero-order valence-electron chi connectivity index (χ0n) is 31.9. The minimum absolute atomic E-state index is 0.0236. The molecule has 0 aliphatic heterocycles. The number of hydrogen-bond acceptors (Lipinski definition) is 10. The number of rotatable bonds is 10. The molecule has 0 saturated carbocycles. The average Bonchev–Trinajstić information content (AvgIpc) is 3.56. The minimum Gasteiger partial charge on any atom is -0.508 e. The Morgan fingerprint density at radius 2 is 1.62 bits per heavy atom. The summed E-state index contributed by atoms with van der Waals surface area (Å²) < 4.78 is 41.5. The number of carbonyl (C=O) groups is 3. The number of aldehydes is 1. The summed E-state index contributed by atoms with van der Waals surface area (Å²) in [4.78, 5) is 44.5. The molecule has 0 bridgehead atoms. The van der Waals surface area contributed by atoms with E-state index in [1.165, 1.54) is 0 Å². The second-order valence-corrected chi connectivity index (χ2v) is 21.4. The molecule has 3 aliphatic carbocycles. The first kappa shape index (κ1) is 38.6. The maximum absolute atomic E-state index is 16.2. The van der Waals surface area contributed by atoms with Crippen LogP contribution in [0, 0.1) is 17.7 Å². The molecule has 0 spiro atoms. The Morgan fingerprint density at radius 1 is 1.02 bits per heavy atom. The quantitative estimate of drug-likeness (QED) is 0.123. The Hall–Kier alpha value is -4.62. The summed E-state index contributed by atoms with van der Waals surface area (Å²) in [6.45, 7) is 9.97. The molecule has 7 rings (SSSR count). The molecule has 4 aromatic rings. The molecule has 3 aliphatic rings. The van der Waals surface area contributed by atoms with Gasteiger partial charge in [-0.05, 0) is 72.8 Å². The molecule has 288 valence electrons. The first-order valence-electron chi connectivity index (χ1n) is 18.2. The first-order valence-corrected chi connectivity index (χ1v) is 21.5. The van der Waals surface area contributed by atoms with Gasteiger partial charge in [0.2, 0.25) is 5.78 Å². The lowest BCUT2D eigenvalue weighted by molar-refractivity contribution is -0.0480. The first-order chi connectivity index (χ1) is 26.0. The van der Waals surface area contributed by atoms with Crippen LogP contribution in [-0.4, -0.2) is 61.0 Å². The van der Waals surface area contributed by atoms with Crippen LogP contribution in [0.25, 0.3) is 0 Å². The smallest absolute Gasteiger partial charge is 0.265 e. The number of fused-ring (bicyclic) bond motifs is 4. The number of aliphatic hydroxyl groups is 1. The third-order valence-corrected chi connectivity index (χ3v) is 16.6. The van der Waals surface area contributed by atoms with E-state index in [0.29, 0.717) is 11.8 Å². The lowest BCUT2D eigenvalue weighted by Crippen LogP contribution is -2.65. The molecule has 4 atom stereocenters. The van der Waals surface area contributed by atoms with Crippen LogP contribution >= 0.6 is 11.6 Å². The van der Waals surface area contributed by atoms with Crippen LogP contribution in [-0.2, 0) is 24.1 Å². The summed E-state index contributed by atoms with van der Waals surface area (Å²) in [5.74, 6) is -4.75. The van der Waals surface area contributed by atoms with E-state index in [2.05, 4.69) is 5.16 Å². The standard InChI is InChI=1S/C42H44ClFN2O8Si/c1-41(2,3)55(6,7)54-42-28(34(46(4)5)37-31(39(42)50)40(45-53-37)52-22-24-16-12-9-13-17-24)19-25-18-26-30(35(48)29(25)38(42)49)36(33(44)27(20-47)32(26)43)51-21-23-14-10-8-11-15-23/h8-17,20,25,28,34,49H,18-19,21-22H2,1-7H3/t25-,28-,34-,42-/m0/s1. The number of allylic oxidation sites excluding steroid dienone is 1. The van der Waals surface area contributed by atoms with Gasteiger partial charge < -0.3 is 23.5 Å². The van der Waals surface area contributed by atoms with Crippen LogP contribution in [0.3, 0.4) is 0 Å². The van der Waals surface area contributed by atoms with E-state index in [-0.39, 0.29) is 65.0 Å². The molecule has 3 aromatic carbocycles. The number of ether oxygens (including phenoxy) is 2. The topological polar surface area (TPSA) is 128 Å². The number of halogens is 2. The van der Waals surface area contributed by atoms with Gasteiger partial charge in [-0.25, -0.2) is 4.39 Å². The third-order valence-electron chi connectivity index (χ3n) is 11.7. The van der Waals surface area contributed by atoms with Gasteiger partial charge in [-0.3, -0.25) is 19.3 Å². The molecular formula is C42H44ClFN2O8Si. The van der Waals surface area contributed by atoms with Gasteiger partial charge in [0.15, 0.2) is 43.3 Å². The van der Waals surface area contributed by atoms with Crippen molar-refractivity contribution in [2.45, 2.75) is 76.6 Å². The molecule has 1 heterocycles. The number of hydrogen-bond donors (Lipinski definition) is 1. The number of benzene rings is 3. The van der Waals surface area contributed by atoms with Crippen LogP contribution in [0.1, 0.15) is 86.8 Å². The van der Waals surface area contributed by atoms with Crippen molar-refractivity contribution in [1.29, 1.82) is 0 Å². The highest BCUT2D eigenvalue weighted by molar-refractivity contribution is 6.74. The summed E-state index contributed by atoms with van der Waals surface area (Å²) >= 11 is 6.73. The van der Waals surface area contributed by atoms with Gasteiger partial charge in [-0.15, -0.1) is 0 Å². The monoisotopic (exact) mass is 786 g/mol. The van der Waals surface area contributed by atoms with E-state index in [0.717, 1.165) is 5.56 Å². The van der Waals surface area contributed by atoms with Crippen LogP contribution in [0.4, 0.5) is 4.39 Å². The number of Topliss-reactive ketones (excluding diaryl/α,β-unsaturated/α-hetero) is 2. The van der Waals surface area contributed by atoms with Gasteiger partial charge in [0.25, 0.3) is 5.88 Å². The SMILES string of the molecule is CN(C)[C@@H]1c2onc(OCc3ccccc3)c2C(=O)[C@@]2(O[Si](C)(C)C(C)(C)C)C(O)=C3C(=O)c4c(c(Cl)c(C=O)c(F)c4OCc4ccccc4)C[C@H]3C[C@@H]12. The Labute approximate surface area is 325 Å². The van der Waals surface area contributed by atoms with Crippen molar-refractivity contribution in [1.82, 2.24) is 10.1 Å². The van der Waals surface area contributed by atoms with Gasteiger partial charge >= 0.3 is 0 Å². The molecule has 0 saturated heterocycles. The highest BCUT2D eigenvalue weighted by Crippen LogP contribution is 2.60. The Balaban J connectivity index is 1.44. The number of nitrogens with zero attached hydrogens (tertiary/aromatic N) is 2. The molecule has 0 amide bonds. The summed E-state index contributed by atoms with van der Waals surface area (Å²) in [5.41, 5.74) is -0.993. The molecule has 13 heteroatoms. The van der Waals surface area contributed by atoms with E-state index < -0.39 is 71.3 Å². The Bertz CT molecular complexity index is 2220. The van der Waals surface area contributed by atoms with E-state index in [1.807, 2.05) is 89.3 Å². The highest BCUT2D eigenvalue weighted by atomic mass is 35.5. The van der Waals surface area contributed by atoms with Gasteiger partial charge in [0.05, 0.1) is 22.2 Å². The number of ketones is 2. The van der Waals surface area contributed by atoms with Crippen LogP contribution < -0.4 is 9.47 Å². The minimum atomic E-state index is -2.97. The lowest BCUT2D eigenvalue weighted by atomic mass is 9.58. The summed E-state index contributed by atoms with van der Waals surface area (Å²) in [7, 11) is 0.693. The lowest BCUT2D eigenvalue weighted by Gasteiger charge is -2.55. The fourth-order valence-electron chi connectivity index (χ4n) is 8.00. The van der Waals surface area contributed by atoms with Crippen molar-refractivity contribution in [3.63, 3.8) is 0 Å². The van der Waals surface area contributed by atoms with Gasteiger partial charge in [0.1, 0.15) is 24.5 Å². The average molecular weight is 787 g/mol. The molecule has 1 aromatic heterocycles. The molecule has 1 N–H and O–H groups in total. The number of aliphatic hydroxyl groups excluding tert-OH is 1. The summed E-state index contributed by atoms with van der Waals surface area (Å²) in [5, 5.41) is 16.4. The fourth-order valence-corrected chi connectivity index (χ4v) is 9.75. The Kier molecular flexibility index (Phi) is 9.94. The van der Waals surface area contributed by atoms with Crippen molar-refractivity contribution < 1.29 is 42.3 Å². The zero-order valence-corrected chi connectivity index (χ0v) is 33.6. The normalized spacial score (nSPS) is 22.2. The number of aromatic nitrogens is 1. The van der Waals surface area contributed by atoms with Crippen molar-refractivity contribution in [2.75, 3.05) is 14.1 Å². The molecule has 0 radical (unpaired) electrons. The van der Waals surface area contributed by atoms with E-state index in [4.69, 9.17) is 30.0 Å². The molecule has 55 heavy (non-hydrogen) atoms. The summed E-state index contributed by atoms with van der Waals surface area (Å²) in [6.07, 6.45) is 0.528. The van der Waals surface area contributed by atoms with Crippen molar-refractivity contribution >= 4 is 37.8 Å². The van der Waals surface area contributed by atoms with Crippen molar-refractivity contribution in [3.8, 4) is 11.6 Å². The van der Waals surface area contributed by atoms with Gasteiger partial charge in [-0.1, -0.05) is 93.0 Å². The highest BCUT2D eigenvalue weighted by Gasteiger charge is 2.67. The van der Waals surface area contributed by atoms with Crippen molar-refractivity contribution in [3.05, 3.63) is 122 Å². The third kappa shape index (κ3) is 6.23. The van der Waals surface area contributed by atoms with E-state index in [9.17, 15) is 14.7 Å². The molecular weight excluding hydrogens is 743 g/mol. The van der Waals surface area contributed by atoms with Crippen LogP contribution in [0.5, 0.6) is 11.6 Å². The van der Waals surface area contributed by atoms with Crippen molar-refractivity contribution in [2.24, 2.45) is 11.8 Å². The maximum Gasteiger partial charge on any atom is 0.265 e. The van der Waals surface area contributed by atoms with E-state index in [1.54, 1.807) is 24.3 Å².